The molecule has 0 saturated carbocycles. The summed E-state index contributed by atoms with van der Waals surface area (Å²) in [6.45, 7) is -0.0223. The monoisotopic (exact) mass is 261 g/mol. The molecule has 0 amide bonds. The molecular weight excluding hydrogens is 250 g/mol. The molecule has 0 aliphatic rings. The van der Waals surface area contributed by atoms with E-state index in [4.69, 9.17) is 5.21 Å². The molecule has 1 aromatic carbocycles. The summed E-state index contributed by atoms with van der Waals surface area (Å²) in [6.07, 6.45) is 4.15. The zero-order chi connectivity index (χ0) is 13.8. The number of aromatic hydroxyl groups is 2. The molecule has 0 aliphatic heterocycles. The Morgan fingerprint density at radius 2 is 2.16 bits per heavy atom. The lowest BCUT2D eigenvalue weighted by atomic mass is 10.1. The lowest BCUT2D eigenvalue weighted by Crippen LogP contribution is -2.12. The molecule has 19 heavy (non-hydrogen) atoms. The first-order valence-corrected chi connectivity index (χ1v) is 5.35. The van der Waals surface area contributed by atoms with E-state index in [1.54, 1.807) is 6.20 Å². The van der Waals surface area contributed by atoms with Gasteiger partial charge in [-0.05, 0) is 18.2 Å². The number of carbonyl (C=O) groups is 1. The number of ketones is 1. The number of phenols is 2. The Hall–Kier alpha value is -2.83. The Labute approximate surface area is 108 Å². The number of phenolic OH excluding ortho intramolecular Hbond substituents is 2. The van der Waals surface area contributed by atoms with Crippen molar-refractivity contribution in [1.29, 1.82) is 0 Å². The average Bonchev–Trinajstić information content (AvgIpc) is 2.80. The second-order valence-corrected chi connectivity index (χ2v) is 3.78. The highest BCUT2D eigenvalue weighted by atomic mass is 16.4. The van der Waals surface area contributed by atoms with Gasteiger partial charge in [0.05, 0.1) is 6.54 Å². The second kappa shape index (κ2) is 5.21. The minimum atomic E-state index is -0.353. The van der Waals surface area contributed by atoms with E-state index in [1.807, 2.05) is 0 Å². The molecule has 7 heteroatoms. The van der Waals surface area contributed by atoms with Crippen molar-refractivity contribution >= 4 is 12.0 Å². The quantitative estimate of drug-likeness (QED) is 0.250. The maximum Gasteiger partial charge on any atom is 0.182 e. The van der Waals surface area contributed by atoms with Crippen LogP contribution in [0.3, 0.4) is 0 Å². The maximum absolute atomic E-state index is 12.0. The number of Topliss-reactive ketones (excluding diaryl/α,β-unsaturated/α-hetero) is 1. The molecule has 0 unspecified atom stereocenters. The number of oxime groups is 1. The lowest BCUT2D eigenvalue weighted by Gasteiger charge is -2.05. The molecule has 0 atom stereocenters. The SMILES string of the molecule is O=C(Cn1ccnc1/C=N/O)c1ccc(O)c(O)c1. The Morgan fingerprint density at radius 1 is 1.37 bits per heavy atom. The van der Waals surface area contributed by atoms with E-state index in [1.165, 1.54) is 29.0 Å². The van der Waals surface area contributed by atoms with Crippen LogP contribution in [0.15, 0.2) is 35.7 Å². The first kappa shape index (κ1) is 12.6. The zero-order valence-electron chi connectivity index (χ0n) is 9.76. The summed E-state index contributed by atoms with van der Waals surface area (Å²) in [5.41, 5.74) is 0.260. The van der Waals surface area contributed by atoms with Crippen LogP contribution >= 0.6 is 0 Å². The van der Waals surface area contributed by atoms with Gasteiger partial charge in [0.25, 0.3) is 0 Å². The molecule has 0 fully saturated rings. The lowest BCUT2D eigenvalue weighted by molar-refractivity contribution is 0.0971. The smallest absolute Gasteiger partial charge is 0.182 e. The summed E-state index contributed by atoms with van der Waals surface area (Å²) in [6, 6.07) is 3.84. The van der Waals surface area contributed by atoms with Gasteiger partial charge in [0.2, 0.25) is 0 Å². The van der Waals surface area contributed by atoms with Crippen LogP contribution in [-0.4, -0.2) is 37.0 Å². The minimum absolute atomic E-state index is 0.0223. The minimum Gasteiger partial charge on any atom is -0.504 e. The van der Waals surface area contributed by atoms with Crippen molar-refractivity contribution in [3.05, 3.63) is 42.0 Å². The summed E-state index contributed by atoms with van der Waals surface area (Å²) in [7, 11) is 0. The Kier molecular flexibility index (Phi) is 3.46. The second-order valence-electron chi connectivity index (χ2n) is 3.78. The number of nitrogens with zero attached hydrogens (tertiary/aromatic N) is 3. The number of hydrogen-bond acceptors (Lipinski definition) is 6. The van der Waals surface area contributed by atoms with Gasteiger partial charge in [-0.2, -0.15) is 0 Å². The maximum atomic E-state index is 12.0. The van der Waals surface area contributed by atoms with E-state index < -0.39 is 0 Å². The highest BCUT2D eigenvalue weighted by molar-refractivity contribution is 5.96. The number of rotatable bonds is 4. The number of aromatic nitrogens is 2. The van der Waals surface area contributed by atoms with E-state index in [-0.39, 0.29) is 29.4 Å². The van der Waals surface area contributed by atoms with E-state index in [0.717, 1.165) is 6.21 Å². The van der Waals surface area contributed by atoms with Crippen LogP contribution in [0.4, 0.5) is 0 Å². The van der Waals surface area contributed by atoms with Crippen molar-refractivity contribution in [2.75, 3.05) is 0 Å². The van der Waals surface area contributed by atoms with E-state index in [2.05, 4.69) is 10.1 Å². The third kappa shape index (κ3) is 2.71. The molecule has 98 valence electrons. The largest absolute Gasteiger partial charge is 0.504 e. The molecule has 1 aromatic heterocycles. The fraction of sp³-hybridized carbons (Fsp3) is 0.0833. The topological polar surface area (TPSA) is 108 Å². The van der Waals surface area contributed by atoms with Crippen LogP contribution in [0, 0.1) is 0 Å². The van der Waals surface area contributed by atoms with Gasteiger partial charge in [-0.1, -0.05) is 5.16 Å². The molecule has 2 aromatic rings. The first-order valence-electron chi connectivity index (χ1n) is 5.35. The van der Waals surface area contributed by atoms with Gasteiger partial charge in [-0.15, -0.1) is 0 Å². The van der Waals surface area contributed by atoms with E-state index in [9.17, 15) is 15.0 Å². The number of benzene rings is 1. The number of hydrogen-bond donors (Lipinski definition) is 3. The van der Waals surface area contributed by atoms with Crippen LogP contribution in [-0.2, 0) is 6.54 Å². The van der Waals surface area contributed by atoms with Gasteiger partial charge in [-0.3, -0.25) is 4.79 Å². The molecule has 0 saturated heterocycles. The van der Waals surface area contributed by atoms with Gasteiger partial charge >= 0.3 is 0 Å². The molecule has 2 rings (SSSR count). The molecule has 7 nitrogen and oxygen atoms in total. The number of imidazole rings is 1. The summed E-state index contributed by atoms with van der Waals surface area (Å²) < 4.78 is 1.49. The standard InChI is InChI=1S/C12H11N3O4/c16-9-2-1-8(5-10(9)17)11(18)7-15-4-3-13-12(15)6-14-19/h1-6,16-17,19H,7H2/b14-6+. The normalized spacial score (nSPS) is 10.9. The van der Waals surface area contributed by atoms with Crippen LogP contribution in [0.5, 0.6) is 11.5 Å². The summed E-state index contributed by atoms with van der Waals surface area (Å²) in [5.74, 6) is -0.583. The predicted octanol–water partition coefficient (Wildman–Crippen LogP) is 0.985. The van der Waals surface area contributed by atoms with Gasteiger partial charge < -0.3 is 20.0 Å². The van der Waals surface area contributed by atoms with Crippen LogP contribution in [0.25, 0.3) is 0 Å². The molecule has 0 radical (unpaired) electrons. The predicted molar refractivity (Wildman–Crippen MR) is 65.7 cm³/mol. The fourth-order valence-corrected chi connectivity index (χ4v) is 1.58. The first-order chi connectivity index (χ1) is 9.11. The fourth-order valence-electron chi connectivity index (χ4n) is 1.58. The van der Waals surface area contributed by atoms with Gasteiger partial charge in [0.15, 0.2) is 23.1 Å². The van der Waals surface area contributed by atoms with Crippen LogP contribution < -0.4 is 0 Å². The van der Waals surface area contributed by atoms with E-state index in [0.29, 0.717) is 5.82 Å². The third-order valence-corrected chi connectivity index (χ3v) is 2.53. The van der Waals surface area contributed by atoms with Crippen molar-refractivity contribution < 1.29 is 20.2 Å². The van der Waals surface area contributed by atoms with E-state index >= 15 is 0 Å². The molecular formula is C12H11N3O4. The Bertz CT molecular complexity index is 634. The van der Waals surface area contributed by atoms with Crippen LogP contribution in [0.2, 0.25) is 0 Å². The number of carbonyl (C=O) groups excluding carboxylic acids is 1. The zero-order valence-corrected chi connectivity index (χ0v) is 9.76. The molecule has 1 heterocycles. The van der Waals surface area contributed by atoms with Gasteiger partial charge in [0, 0.05) is 18.0 Å². The van der Waals surface area contributed by atoms with Crippen molar-refractivity contribution in [2.45, 2.75) is 6.54 Å². The molecule has 0 spiro atoms. The molecule has 0 bridgehead atoms. The van der Waals surface area contributed by atoms with Gasteiger partial charge in [-0.25, -0.2) is 4.98 Å². The highest BCUT2D eigenvalue weighted by Gasteiger charge is 2.11. The summed E-state index contributed by atoms with van der Waals surface area (Å²) in [4.78, 5) is 15.9. The Balaban J connectivity index is 2.20. The van der Waals surface area contributed by atoms with Crippen molar-refractivity contribution in [3.8, 4) is 11.5 Å². The van der Waals surface area contributed by atoms with Crippen molar-refractivity contribution in [3.63, 3.8) is 0 Å². The van der Waals surface area contributed by atoms with Gasteiger partial charge in [0.1, 0.15) is 6.21 Å². The Morgan fingerprint density at radius 3 is 2.84 bits per heavy atom. The van der Waals surface area contributed by atoms with Crippen molar-refractivity contribution in [2.24, 2.45) is 5.16 Å². The van der Waals surface area contributed by atoms with Crippen LogP contribution in [0.1, 0.15) is 16.2 Å². The third-order valence-electron chi connectivity index (χ3n) is 2.53. The van der Waals surface area contributed by atoms with Crippen molar-refractivity contribution in [1.82, 2.24) is 9.55 Å². The highest BCUT2D eigenvalue weighted by Crippen LogP contribution is 2.25. The summed E-state index contributed by atoms with van der Waals surface area (Å²) >= 11 is 0. The summed E-state index contributed by atoms with van der Waals surface area (Å²) in [5, 5.41) is 29.8. The molecule has 3 N–H and O–H groups in total. The average molecular weight is 261 g/mol. The molecule has 0 aliphatic carbocycles.